The maximum absolute atomic E-state index is 5.47. The van der Waals surface area contributed by atoms with E-state index in [2.05, 4.69) is 103 Å². The van der Waals surface area contributed by atoms with Crippen molar-refractivity contribution < 1.29 is 0 Å². The maximum atomic E-state index is 5.47. The van der Waals surface area contributed by atoms with E-state index in [1.54, 1.807) is 12.4 Å². The highest BCUT2D eigenvalue weighted by Gasteiger charge is 2.23. The summed E-state index contributed by atoms with van der Waals surface area (Å²) >= 11 is 0. The van der Waals surface area contributed by atoms with Crippen molar-refractivity contribution in [3.05, 3.63) is 169 Å². The summed E-state index contributed by atoms with van der Waals surface area (Å²) in [5.41, 5.74) is 12.5. The van der Waals surface area contributed by atoms with Gasteiger partial charge in [-0.15, -0.1) is 0 Å². The van der Waals surface area contributed by atoms with Crippen LogP contribution in [0, 0.1) is 13.8 Å². The van der Waals surface area contributed by atoms with Gasteiger partial charge in [0, 0.05) is 74.1 Å². The van der Waals surface area contributed by atoms with Crippen molar-refractivity contribution in [2.75, 3.05) is 0 Å². The van der Waals surface area contributed by atoms with Crippen LogP contribution in [0.3, 0.4) is 0 Å². The molecule has 6 heteroatoms. The van der Waals surface area contributed by atoms with E-state index in [-0.39, 0.29) is 0 Å². The number of para-hydroxylation sites is 1. The van der Waals surface area contributed by atoms with E-state index in [4.69, 9.17) is 19.9 Å². The van der Waals surface area contributed by atoms with Gasteiger partial charge in [0.25, 0.3) is 0 Å². The van der Waals surface area contributed by atoms with Gasteiger partial charge in [0.1, 0.15) is 0 Å². The van der Waals surface area contributed by atoms with Crippen molar-refractivity contribution in [2.45, 2.75) is 13.8 Å². The van der Waals surface area contributed by atoms with Crippen LogP contribution in [0.25, 0.3) is 99.8 Å². The molecular formula is C48H32N6. The Morgan fingerprint density at radius 3 is 1.43 bits per heavy atom. The average molecular weight is 693 g/mol. The van der Waals surface area contributed by atoms with Crippen molar-refractivity contribution >= 4 is 43.4 Å². The van der Waals surface area contributed by atoms with Gasteiger partial charge in [-0.2, -0.15) is 0 Å². The zero-order valence-corrected chi connectivity index (χ0v) is 29.7. The molecule has 0 atom stereocenters. The van der Waals surface area contributed by atoms with E-state index in [0.717, 1.165) is 99.7 Å². The van der Waals surface area contributed by atoms with Crippen molar-refractivity contribution in [1.82, 2.24) is 29.9 Å². The van der Waals surface area contributed by atoms with E-state index < -0.39 is 0 Å². The molecule has 0 amide bonds. The van der Waals surface area contributed by atoms with E-state index in [0.29, 0.717) is 5.82 Å². The molecule has 10 aromatic rings. The molecule has 0 aliphatic rings. The molecule has 5 heterocycles. The van der Waals surface area contributed by atoms with E-state index in [1.807, 2.05) is 67.0 Å². The first kappa shape index (κ1) is 31.5. The first-order valence-electron chi connectivity index (χ1n) is 18.0. The van der Waals surface area contributed by atoms with E-state index in [1.165, 1.54) is 5.39 Å². The van der Waals surface area contributed by atoms with Gasteiger partial charge in [-0.1, -0.05) is 91.0 Å². The molecule has 0 bridgehead atoms. The predicted molar refractivity (Wildman–Crippen MR) is 220 cm³/mol. The SMILES string of the molecule is Cc1c2c(-c3cccnc3)nc3cc(-c4nc(-c5ccccc5)cc(-c5ccccc5)n4)ccc3c2c(C)c2c(-c3cccnc3)nc3ccccc3c12. The second-order valence-corrected chi connectivity index (χ2v) is 13.6. The highest BCUT2D eigenvalue weighted by molar-refractivity contribution is 6.25. The fourth-order valence-electron chi connectivity index (χ4n) is 7.89. The van der Waals surface area contributed by atoms with Crippen LogP contribution >= 0.6 is 0 Å². The molecule has 0 saturated heterocycles. The van der Waals surface area contributed by atoms with Gasteiger partial charge in [0.05, 0.1) is 33.8 Å². The predicted octanol–water partition coefficient (Wildman–Crippen LogP) is 11.6. The molecule has 54 heavy (non-hydrogen) atoms. The van der Waals surface area contributed by atoms with Crippen LogP contribution in [-0.2, 0) is 0 Å². The minimum Gasteiger partial charge on any atom is -0.264 e. The zero-order chi connectivity index (χ0) is 36.2. The van der Waals surface area contributed by atoms with Gasteiger partial charge in [0.2, 0.25) is 0 Å². The minimum atomic E-state index is 0.642. The Bertz CT molecular complexity index is 2980. The Morgan fingerprint density at radius 1 is 0.370 bits per heavy atom. The van der Waals surface area contributed by atoms with Gasteiger partial charge in [-0.05, 0) is 78.2 Å². The number of rotatable bonds is 5. The Labute approximate surface area is 311 Å². The van der Waals surface area contributed by atoms with Gasteiger partial charge >= 0.3 is 0 Å². The van der Waals surface area contributed by atoms with Crippen LogP contribution in [0.5, 0.6) is 0 Å². The number of hydrogen-bond acceptors (Lipinski definition) is 6. The summed E-state index contributed by atoms with van der Waals surface area (Å²) in [5, 5.41) is 6.70. The summed E-state index contributed by atoms with van der Waals surface area (Å²) in [4.78, 5) is 30.0. The third kappa shape index (κ3) is 5.19. The van der Waals surface area contributed by atoms with Gasteiger partial charge in [-0.3, -0.25) is 9.97 Å². The Hall–Kier alpha value is -7.18. The number of nitrogens with zero attached hydrogens (tertiary/aromatic N) is 6. The molecule has 0 spiro atoms. The summed E-state index contributed by atoms with van der Waals surface area (Å²) in [6.45, 7) is 4.44. The Morgan fingerprint density at radius 2 is 0.870 bits per heavy atom. The second kappa shape index (κ2) is 12.8. The maximum Gasteiger partial charge on any atom is 0.160 e. The number of pyridine rings is 4. The van der Waals surface area contributed by atoms with Crippen LogP contribution in [0.1, 0.15) is 11.1 Å². The number of benzene rings is 5. The fourth-order valence-corrected chi connectivity index (χ4v) is 7.89. The molecule has 0 fully saturated rings. The van der Waals surface area contributed by atoms with Crippen LogP contribution in [0.2, 0.25) is 0 Å². The normalized spacial score (nSPS) is 11.5. The van der Waals surface area contributed by atoms with Gasteiger partial charge < -0.3 is 0 Å². The highest BCUT2D eigenvalue weighted by Crippen LogP contribution is 2.45. The van der Waals surface area contributed by atoms with Crippen LogP contribution in [0.15, 0.2) is 158 Å². The third-order valence-corrected chi connectivity index (χ3v) is 10.4. The summed E-state index contributed by atoms with van der Waals surface area (Å²) in [6, 6.07) is 45.6. The molecule has 0 saturated carbocycles. The molecule has 6 nitrogen and oxygen atoms in total. The molecule has 10 rings (SSSR count). The Kier molecular flexibility index (Phi) is 7.47. The largest absolute Gasteiger partial charge is 0.264 e. The number of aryl methyl sites for hydroxylation is 2. The first-order valence-corrected chi connectivity index (χ1v) is 18.0. The smallest absolute Gasteiger partial charge is 0.160 e. The summed E-state index contributed by atoms with van der Waals surface area (Å²) in [6.07, 6.45) is 7.42. The van der Waals surface area contributed by atoms with Crippen molar-refractivity contribution in [1.29, 1.82) is 0 Å². The summed E-state index contributed by atoms with van der Waals surface area (Å²) < 4.78 is 0. The average Bonchev–Trinajstić information content (AvgIpc) is 3.25. The summed E-state index contributed by atoms with van der Waals surface area (Å²) in [5.74, 6) is 0.642. The van der Waals surface area contributed by atoms with Gasteiger partial charge in [-0.25, -0.2) is 19.9 Å². The lowest BCUT2D eigenvalue weighted by Gasteiger charge is -2.21. The standard InChI is InChI=1S/C48H32N6/c1-29-42-36-19-9-10-20-38(36)51-46(34-17-11-23-49-27-34)44(42)30(2)43-37-22-21-33(25-41(37)52-47(45(29)43)35-18-12-24-50-28-35)48-53-39(31-13-5-3-6-14-31)26-40(54-48)32-15-7-4-8-16-32/h3-28H,1-2H3. The van der Waals surface area contributed by atoms with Crippen molar-refractivity contribution in [3.63, 3.8) is 0 Å². The molecule has 5 aromatic carbocycles. The molecule has 254 valence electrons. The van der Waals surface area contributed by atoms with Crippen molar-refractivity contribution in [2.24, 2.45) is 0 Å². The van der Waals surface area contributed by atoms with Gasteiger partial charge in [0.15, 0.2) is 5.82 Å². The molecular weight excluding hydrogens is 661 g/mol. The lowest BCUT2D eigenvalue weighted by molar-refractivity contribution is 1.18. The van der Waals surface area contributed by atoms with Crippen molar-refractivity contribution in [3.8, 4) is 56.4 Å². The topological polar surface area (TPSA) is 77.3 Å². The molecule has 0 aliphatic heterocycles. The molecule has 0 unspecified atom stereocenters. The number of aromatic nitrogens is 6. The molecule has 0 N–H and O–H groups in total. The zero-order valence-electron chi connectivity index (χ0n) is 29.7. The van der Waals surface area contributed by atoms with Crippen LogP contribution in [-0.4, -0.2) is 29.9 Å². The lowest BCUT2D eigenvalue weighted by atomic mass is 9.86. The van der Waals surface area contributed by atoms with E-state index >= 15 is 0 Å². The van der Waals surface area contributed by atoms with Crippen LogP contribution < -0.4 is 0 Å². The molecule has 5 aromatic heterocycles. The molecule has 0 aliphatic carbocycles. The monoisotopic (exact) mass is 692 g/mol. The second-order valence-electron chi connectivity index (χ2n) is 13.6. The minimum absolute atomic E-state index is 0.642. The number of fused-ring (bicyclic) bond motifs is 6. The van der Waals surface area contributed by atoms with E-state index in [9.17, 15) is 0 Å². The summed E-state index contributed by atoms with van der Waals surface area (Å²) in [7, 11) is 0. The third-order valence-electron chi connectivity index (χ3n) is 10.4. The highest BCUT2D eigenvalue weighted by atomic mass is 14.9. The van der Waals surface area contributed by atoms with Crippen LogP contribution in [0.4, 0.5) is 0 Å². The fraction of sp³-hybridized carbons (Fsp3) is 0.0417. The lowest BCUT2D eigenvalue weighted by Crippen LogP contribution is -2.00. The molecule has 0 radical (unpaired) electrons. The Balaban J connectivity index is 1.30. The first-order chi connectivity index (χ1) is 26.6. The quantitative estimate of drug-likeness (QED) is 0.132. The number of hydrogen-bond donors (Lipinski definition) is 0.